The van der Waals surface area contributed by atoms with Crippen LogP contribution in [-0.4, -0.2) is 87.2 Å². The van der Waals surface area contributed by atoms with E-state index in [4.69, 9.17) is 0 Å². The Labute approximate surface area is 148 Å². The maximum absolute atomic E-state index is 11.4. The van der Waals surface area contributed by atoms with Crippen LogP contribution in [0.5, 0.6) is 0 Å². The number of hydrogen-bond donors (Lipinski definition) is 2. The lowest BCUT2D eigenvalue weighted by Gasteiger charge is -2.34. The molecule has 120 valence electrons. The van der Waals surface area contributed by atoms with Gasteiger partial charge < -0.3 is 9.28 Å². The number of H-pyrrole nitrogens is 1. The maximum Gasteiger partial charge on any atom is 0.310 e. The van der Waals surface area contributed by atoms with Gasteiger partial charge in [-0.15, -0.1) is 0 Å². The number of para-hydroxylation sites is 2. The van der Waals surface area contributed by atoms with Crippen LogP contribution < -0.4 is 4.30 Å². The summed E-state index contributed by atoms with van der Waals surface area (Å²) in [6, 6.07) is 8.11. The molecule has 0 aliphatic carbocycles. The predicted molar refractivity (Wildman–Crippen MR) is 93.6 cm³/mol. The molecule has 1 aromatic heterocycles. The number of aromatic amines is 1. The number of carbonyl (C=O) groups excluding carboxylic acids is 1. The van der Waals surface area contributed by atoms with Gasteiger partial charge in [-0.05, 0) is 12.1 Å². The van der Waals surface area contributed by atoms with E-state index in [-0.39, 0.29) is 5.91 Å². The molecular formula is C15H20AlN5OS. The number of piperazine rings is 1. The van der Waals surface area contributed by atoms with Gasteiger partial charge in [0.05, 0.1) is 17.6 Å². The molecule has 2 radical (unpaired) electrons. The number of aromatic nitrogens is 2. The van der Waals surface area contributed by atoms with Crippen LogP contribution in [0.2, 0.25) is 0 Å². The fourth-order valence-electron chi connectivity index (χ4n) is 2.69. The average Bonchev–Trinajstić information content (AvgIpc) is 2.99. The highest BCUT2D eigenvalue weighted by Crippen LogP contribution is 2.19. The number of amides is 1. The van der Waals surface area contributed by atoms with Crippen LogP contribution in [-0.2, 0) is 4.79 Å². The molecule has 8 heteroatoms. The molecule has 1 fully saturated rings. The van der Waals surface area contributed by atoms with Crippen LogP contribution in [0.25, 0.3) is 11.0 Å². The fraction of sp³-hybridized carbons (Fsp3) is 0.467. The Hall–Kier alpha value is -1.04. The average molecular weight is 345 g/mol. The number of hydrogen-bond acceptors (Lipinski definition) is 5. The van der Waals surface area contributed by atoms with E-state index in [0.29, 0.717) is 6.54 Å². The Kier molecular flexibility index (Phi) is 5.98. The third-order valence-electron chi connectivity index (χ3n) is 4.01. The van der Waals surface area contributed by atoms with Gasteiger partial charge in [-0.2, -0.15) is 0 Å². The molecule has 2 N–H and O–H groups in total. The minimum atomic E-state index is 0.0592. The standard InChI is InChI=1S/C15H21N5OS.Al/c16-14(21)11-20-7-5-19(6-8-20)9-10-22-15-17-12-3-1-2-4-13(12)18-15;/h1-4H,5-11H2,(H3,16,17,18,21);/q;+1/p-1. The Morgan fingerprint density at radius 2 is 2.00 bits per heavy atom. The minimum absolute atomic E-state index is 0.0592. The number of imidazole rings is 1. The molecule has 1 aromatic carbocycles. The van der Waals surface area contributed by atoms with Gasteiger partial charge in [-0.25, -0.2) is 4.98 Å². The zero-order valence-electron chi connectivity index (χ0n) is 13.0. The smallest absolute Gasteiger partial charge is 0.310 e. The summed E-state index contributed by atoms with van der Waals surface area (Å²) in [5, 5.41) is 0.988. The van der Waals surface area contributed by atoms with E-state index in [1.807, 2.05) is 18.2 Å². The van der Waals surface area contributed by atoms with Crippen LogP contribution in [0.3, 0.4) is 0 Å². The largest absolute Gasteiger partial charge is 0.462 e. The van der Waals surface area contributed by atoms with Gasteiger partial charge in [0.1, 0.15) is 0 Å². The van der Waals surface area contributed by atoms with Gasteiger partial charge >= 0.3 is 16.5 Å². The van der Waals surface area contributed by atoms with Crippen molar-refractivity contribution in [1.82, 2.24) is 24.1 Å². The molecule has 0 saturated carbocycles. The van der Waals surface area contributed by atoms with Crippen molar-refractivity contribution in [1.29, 1.82) is 0 Å². The van der Waals surface area contributed by atoms with Crippen molar-refractivity contribution in [2.24, 2.45) is 0 Å². The molecule has 1 aliphatic rings. The third kappa shape index (κ3) is 4.72. The van der Waals surface area contributed by atoms with Gasteiger partial charge in [0.25, 0.3) is 0 Å². The topological polar surface area (TPSA) is 64.3 Å². The van der Waals surface area contributed by atoms with E-state index in [9.17, 15) is 4.79 Å². The number of nitrogens with one attached hydrogen (secondary N) is 2. The quantitative estimate of drug-likeness (QED) is 0.589. The number of carbonyl (C=O) groups is 1. The normalized spacial score (nSPS) is 16.7. The summed E-state index contributed by atoms with van der Waals surface area (Å²) in [7, 11) is 0. The SMILES string of the molecule is O=C(CN1CCN(CCSc2nc3ccccc3[nH]2)CC1)[NH][Al]. The summed E-state index contributed by atoms with van der Waals surface area (Å²) in [5.74, 6) is 1.08. The predicted octanol–water partition coefficient (Wildman–Crippen LogP) is 0.472. The van der Waals surface area contributed by atoms with Crippen molar-refractivity contribution in [3.63, 3.8) is 0 Å². The molecule has 3 rings (SSSR count). The summed E-state index contributed by atoms with van der Waals surface area (Å²) in [5.41, 5.74) is 2.12. The molecule has 1 aliphatic heterocycles. The lowest BCUT2D eigenvalue weighted by molar-refractivity contribution is -0.120. The van der Waals surface area contributed by atoms with Gasteiger partial charge in [-0.3, -0.25) is 14.6 Å². The van der Waals surface area contributed by atoms with Crippen LogP contribution in [0.1, 0.15) is 0 Å². The molecule has 6 nitrogen and oxygen atoms in total. The van der Waals surface area contributed by atoms with E-state index >= 15 is 0 Å². The number of fused-ring (bicyclic) bond motifs is 1. The van der Waals surface area contributed by atoms with E-state index in [1.54, 1.807) is 11.8 Å². The first kappa shape index (κ1) is 16.8. The highest BCUT2D eigenvalue weighted by atomic mass is 32.2. The molecule has 1 amide bonds. The number of nitrogens with zero attached hydrogens (tertiary/aromatic N) is 3. The first-order valence-electron chi connectivity index (χ1n) is 7.76. The Bertz CT molecular complexity index is 623. The van der Waals surface area contributed by atoms with Crippen LogP contribution >= 0.6 is 11.8 Å². The molecule has 23 heavy (non-hydrogen) atoms. The van der Waals surface area contributed by atoms with Crippen molar-refractivity contribution >= 4 is 45.2 Å². The van der Waals surface area contributed by atoms with E-state index in [2.05, 4.69) is 46.6 Å². The highest BCUT2D eigenvalue weighted by Gasteiger charge is 2.18. The van der Waals surface area contributed by atoms with E-state index < -0.39 is 0 Å². The second-order valence-electron chi connectivity index (χ2n) is 5.59. The lowest BCUT2D eigenvalue weighted by Crippen LogP contribution is -2.49. The summed E-state index contributed by atoms with van der Waals surface area (Å²) in [6.45, 7) is 5.48. The lowest BCUT2D eigenvalue weighted by atomic mass is 10.3. The second-order valence-corrected chi connectivity index (χ2v) is 6.97. The zero-order chi connectivity index (χ0) is 16.1. The molecule has 0 spiro atoms. The van der Waals surface area contributed by atoms with Gasteiger partial charge in [-0.1, -0.05) is 23.9 Å². The summed E-state index contributed by atoms with van der Waals surface area (Å²) in [6.07, 6.45) is 0. The van der Waals surface area contributed by atoms with Crippen molar-refractivity contribution in [3.8, 4) is 0 Å². The number of rotatable bonds is 6. The molecule has 0 unspecified atom stereocenters. The Balaban J connectivity index is 1.39. The fourth-order valence-corrected chi connectivity index (χ4v) is 3.67. The molecule has 1 saturated heterocycles. The van der Waals surface area contributed by atoms with Gasteiger partial charge in [0, 0.05) is 38.5 Å². The minimum Gasteiger partial charge on any atom is -0.462 e. The van der Waals surface area contributed by atoms with E-state index in [1.165, 1.54) is 0 Å². The van der Waals surface area contributed by atoms with Crippen molar-refractivity contribution in [2.75, 3.05) is 45.0 Å². The van der Waals surface area contributed by atoms with Crippen molar-refractivity contribution in [3.05, 3.63) is 24.3 Å². The Morgan fingerprint density at radius 1 is 1.26 bits per heavy atom. The maximum atomic E-state index is 11.4. The van der Waals surface area contributed by atoms with E-state index in [0.717, 1.165) is 54.7 Å². The zero-order valence-corrected chi connectivity index (χ0v) is 15.0. The summed E-state index contributed by atoms with van der Waals surface area (Å²) in [4.78, 5) is 23.9. The highest BCUT2D eigenvalue weighted by molar-refractivity contribution is 7.99. The monoisotopic (exact) mass is 345 g/mol. The van der Waals surface area contributed by atoms with Gasteiger partial charge in [0.2, 0.25) is 5.91 Å². The molecule has 2 heterocycles. The second kappa shape index (κ2) is 8.18. The molecule has 0 bridgehead atoms. The molecular weight excluding hydrogens is 325 g/mol. The summed E-state index contributed by atoms with van der Waals surface area (Å²) < 4.78 is 2.60. The molecule has 0 atom stereocenters. The van der Waals surface area contributed by atoms with Gasteiger partial charge in [0.15, 0.2) is 5.16 Å². The van der Waals surface area contributed by atoms with Crippen molar-refractivity contribution < 1.29 is 4.79 Å². The molecule has 2 aromatic rings. The van der Waals surface area contributed by atoms with Crippen LogP contribution in [0, 0.1) is 0 Å². The van der Waals surface area contributed by atoms with Crippen LogP contribution in [0.15, 0.2) is 29.4 Å². The summed E-state index contributed by atoms with van der Waals surface area (Å²) >= 11 is 4.03. The first-order chi connectivity index (χ1) is 11.2. The number of benzene rings is 1. The third-order valence-corrected chi connectivity index (χ3v) is 5.18. The first-order valence-corrected chi connectivity index (χ1v) is 9.32. The van der Waals surface area contributed by atoms with Crippen molar-refractivity contribution in [2.45, 2.75) is 5.16 Å². The van der Waals surface area contributed by atoms with Crippen LogP contribution in [0.4, 0.5) is 0 Å². The number of thioether (sulfide) groups is 1. The Morgan fingerprint density at radius 3 is 2.74 bits per heavy atom.